The van der Waals surface area contributed by atoms with Crippen molar-refractivity contribution in [2.45, 2.75) is 6.29 Å². The van der Waals surface area contributed by atoms with Crippen LogP contribution >= 0.6 is 0 Å². The van der Waals surface area contributed by atoms with Crippen molar-refractivity contribution in [3.05, 3.63) is 12.0 Å². The van der Waals surface area contributed by atoms with Gasteiger partial charge in [0.15, 0.2) is 5.76 Å². The molecule has 0 saturated heterocycles. The molecule has 4 heteroatoms. The Kier molecular flexibility index (Phi) is 3.83. The second-order valence-electron chi connectivity index (χ2n) is 1.33. The van der Waals surface area contributed by atoms with E-state index in [0.29, 0.717) is 0 Å². The van der Waals surface area contributed by atoms with E-state index in [1.54, 1.807) is 0 Å². The van der Waals surface area contributed by atoms with Crippen molar-refractivity contribution < 1.29 is 19.7 Å². The molecule has 0 aromatic carbocycles. The van der Waals surface area contributed by atoms with Crippen molar-refractivity contribution in [1.82, 2.24) is 0 Å². The van der Waals surface area contributed by atoms with Crippen molar-refractivity contribution >= 4 is 0 Å². The Morgan fingerprint density at radius 1 is 1.44 bits per heavy atom. The van der Waals surface area contributed by atoms with Gasteiger partial charge in [0.05, 0.1) is 14.2 Å². The quantitative estimate of drug-likeness (QED) is 0.401. The van der Waals surface area contributed by atoms with Gasteiger partial charge in [-0.05, 0) is 0 Å². The zero-order valence-electron chi connectivity index (χ0n) is 5.37. The zero-order valence-corrected chi connectivity index (χ0v) is 5.37. The normalized spacial score (nSPS) is 11.9. The monoisotopic (exact) mass is 134 g/mol. The summed E-state index contributed by atoms with van der Waals surface area (Å²) in [5, 5.41) is 16.9. The highest BCUT2D eigenvalue weighted by Crippen LogP contribution is 1.98. The standard InChI is InChI=1S/C5H10O4/c1-8-3-4(9-2)5(6)7/h3,5-7H,1-2H3. The molecule has 9 heavy (non-hydrogen) atoms. The third kappa shape index (κ3) is 2.94. The SMILES string of the molecule is COC=C(OC)C(O)O. The molecule has 0 fully saturated rings. The van der Waals surface area contributed by atoms with Crippen LogP contribution in [-0.2, 0) is 9.47 Å². The lowest BCUT2D eigenvalue weighted by molar-refractivity contribution is -0.0476. The first-order chi connectivity index (χ1) is 4.22. The number of hydrogen-bond donors (Lipinski definition) is 2. The molecule has 0 unspecified atom stereocenters. The van der Waals surface area contributed by atoms with Crippen LogP contribution in [-0.4, -0.2) is 30.7 Å². The van der Waals surface area contributed by atoms with Crippen LogP contribution in [0, 0.1) is 0 Å². The summed E-state index contributed by atoms with van der Waals surface area (Å²) in [6.45, 7) is 0. The fraction of sp³-hybridized carbons (Fsp3) is 0.600. The fourth-order valence-electron chi connectivity index (χ4n) is 0.331. The van der Waals surface area contributed by atoms with Gasteiger partial charge < -0.3 is 19.7 Å². The lowest BCUT2D eigenvalue weighted by atomic mass is 10.5. The summed E-state index contributed by atoms with van der Waals surface area (Å²) in [4.78, 5) is 0. The highest BCUT2D eigenvalue weighted by molar-refractivity contribution is 4.89. The van der Waals surface area contributed by atoms with Gasteiger partial charge in [-0.15, -0.1) is 0 Å². The van der Waals surface area contributed by atoms with Gasteiger partial charge in [-0.25, -0.2) is 0 Å². The van der Waals surface area contributed by atoms with Gasteiger partial charge in [-0.1, -0.05) is 0 Å². The van der Waals surface area contributed by atoms with Crippen LogP contribution in [0.25, 0.3) is 0 Å². The predicted molar refractivity (Wildman–Crippen MR) is 30.3 cm³/mol. The van der Waals surface area contributed by atoms with Gasteiger partial charge in [-0.2, -0.15) is 0 Å². The van der Waals surface area contributed by atoms with Crippen LogP contribution < -0.4 is 0 Å². The summed E-state index contributed by atoms with van der Waals surface area (Å²) < 4.78 is 8.94. The van der Waals surface area contributed by atoms with Gasteiger partial charge in [0, 0.05) is 0 Å². The van der Waals surface area contributed by atoms with Crippen molar-refractivity contribution in [3.8, 4) is 0 Å². The van der Waals surface area contributed by atoms with Crippen molar-refractivity contribution in [3.63, 3.8) is 0 Å². The maximum atomic E-state index is 8.43. The molecule has 0 aliphatic carbocycles. The molecule has 0 aliphatic heterocycles. The first kappa shape index (κ1) is 8.26. The average molecular weight is 134 g/mol. The predicted octanol–water partition coefficient (Wildman–Crippen LogP) is -0.569. The van der Waals surface area contributed by atoms with E-state index in [1.165, 1.54) is 14.2 Å². The topological polar surface area (TPSA) is 58.9 Å². The van der Waals surface area contributed by atoms with Crippen molar-refractivity contribution in [2.75, 3.05) is 14.2 Å². The molecule has 4 nitrogen and oxygen atoms in total. The molecule has 0 spiro atoms. The highest BCUT2D eigenvalue weighted by Gasteiger charge is 2.04. The third-order valence-corrected chi connectivity index (χ3v) is 0.724. The van der Waals surface area contributed by atoms with E-state index in [1.807, 2.05) is 0 Å². The summed E-state index contributed by atoms with van der Waals surface area (Å²) >= 11 is 0. The van der Waals surface area contributed by atoms with E-state index in [2.05, 4.69) is 9.47 Å². The van der Waals surface area contributed by atoms with E-state index >= 15 is 0 Å². The molecular formula is C5H10O4. The minimum atomic E-state index is -1.60. The van der Waals surface area contributed by atoms with E-state index in [9.17, 15) is 0 Å². The number of aliphatic hydroxyl groups is 2. The maximum absolute atomic E-state index is 8.43. The van der Waals surface area contributed by atoms with Crippen molar-refractivity contribution in [1.29, 1.82) is 0 Å². The van der Waals surface area contributed by atoms with Gasteiger partial charge in [0.1, 0.15) is 6.26 Å². The molecule has 0 amide bonds. The van der Waals surface area contributed by atoms with Gasteiger partial charge >= 0.3 is 0 Å². The molecule has 0 aromatic heterocycles. The molecule has 54 valence electrons. The Hall–Kier alpha value is -0.740. The molecule has 0 bridgehead atoms. The zero-order chi connectivity index (χ0) is 7.28. The second kappa shape index (κ2) is 4.17. The van der Waals surface area contributed by atoms with E-state index < -0.39 is 6.29 Å². The molecule has 0 rings (SSSR count). The summed E-state index contributed by atoms with van der Waals surface area (Å²) in [6.07, 6.45) is -0.486. The van der Waals surface area contributed by atoms with Crippen LogP contribution in [0.5, 0.6) is 0 Å². The average Bonchev–Trinajstić information content (AvgIpc) is 1.82. The number of aliphatic hydroxyl groups excluding tert-OH is 1. The second-order valence-corrected chi connectivity index (χ2v) is 1.33. The lowest BCUT2D eigenvalue weighted by Crippen LogP contribution is -2.10. The summed E-state index contributed by atoms with van der Waals surface area (Å²) in [5.74, 6) is -0.0162. The van der Waals surface area contributed by atoms with Crippen LogP contribution in [0.4, 0.5) is 0 Å². The molecule has 0 aromatic rings. The minimum Gasteiger partial charge on any atom is -0.501 e. The molecule has 0 radical (unpaired) electrons. The number of hydrogen-bond acceptors (Lipinski definition) is 4. The molecule has 0 aliphatic rings. The summed E-state index contributed by atoms with van der Waals surface area (Å²) in [5.41, 5.74) is 0. The Morgan fingerprint density at radius 3 is 2.11 bits per heavy atom. The van der Waals surface area contributed by atoms with Crippen LogP contribution in [0.2, 0.25) is 0 Å². The van der Waals surface area contributed by atoms with Gasteiger partial charge in [-0.3, -0.25) is 0 Å². The van der Waals surface area contributed by atoms with E-state index in [4.69, 9.17) is 10.2 Å². The maximum Gasteiger partial charge on any atom is 0.214 e. The Balaban J connectivity index is 3.81. The first-order valence-corrected chi connectivity index (χ1v) is 2.35. The first-order valence-electron chi connectivity index (χ1n) is 2.35. The highest BCUT2D eigenvalue weighted by atomic mass is 16.6. The Labute approximate surface area is 53.3 Å². The fourth-order valence-corrected chi connectivity index (χ4v) is 0.331. The number of ether oxygens (including phenoxy) is 2. The van der Waals surface area contributed by atoms with E-state index in [0.717, 1.165) is 6.26 Å². The Morgan fingerprint density at radius 2 is 2.00 bits per heavy atom. The molecule has 0 atom stereocenters. The Bertz CT molecular complexity index is 97.1. The van der Waals surface area contributed by atoms with Crippen LogP contribution in [0.15, 0.2) is 12.0 Å². The number of methoxy groups -OCH3 is 2. The minimum absolute atomic E-state index is 0.0162. The molecular weight excluding hydrogens is 124 g/mol. The van der Waals surface area contributed by atoms with Gasteiger partial charge in [0.25, 0.3) is 0 Å². The van der Waals surface area contributed by atoms with E-state index in [-0.39, 0.29) is 5.76 Å². The summed E-state index contributed by atoms with van der Waals surface area (Å²) in [7, 11) is 2.71. The van der Waals surface area contributed by atoms with Crippen LogP contribution in [0.3, 0.4) is 0 Å². The van der Waals surface area contributed by atoms with Gasteiger partial charge in [0.2, 0.25) is 6.29 Å². The smallest absolute Gasteiger partial charge is 0.214 e. The molecule has 0 saturated carbocycles. The van der Waals surface area contributed by atoms with Crippen LogP contribution in [0.1, 0.15) is 0 Å². The van der Waals surface area contributed by atoms with Crippen molar-refractivity contribution in [2.24, 2.45) is 0 Å². The largest absolute Gasteiger partial charge is 0.501 e. The number of rotatable bonds is 3. The third-order valence-electron chi connectivity index (χ3n) is 0.724. The molecule has 2 N–H and O–H groups in total. The molecule has 0 heterocycles. The summed E-state index contributed by atoms with van der Waals surface area (Å²) in [6, 6.07) is 0. The lowest BCUT2D eigenvalue weighted by Gasteiger charge is -2.05.